The summed E-state index contributed by atoms with van der Waals surface area (Å²) >= 11 is 0. The first kappa shape index (κ1) is 19.2. The van der Waals surface area contributed by atoms with E-state index in [1.807, 2.05) is 53.4 Å². The zero-order chi connectivity index (χ0) is 19.3. The van der Waals surface area contributed by atoms with Gasteiger partial charge in [0.15, 0.2) is 0 Å². The van der Waals surface area contributed by atoms with E-state index >= 15 is 0 Å². The molecule has 1 heterocycles. The molecule has 27 heavy (non-hydrogen) atoms. The van der Waals surface area contributed by atoms with Crippen LogP contribution in [-0.4, -0.2) is 37.7 Å². The van der Waals surface area contributed by atoms with Crippen LogP contribution in [0.25, 0.3) is 0 Å². The number of anilines is 1. The molecule has 0 fully saturated rings. The Labute approximate surface area is 161 Å². The molecule has 1 amide bonds. The third-order valence-corrected chi connectivity index (χ3v) is 5.01. The van der Waals surface area contributed by atoms with E-state index in [2.05, 4.69) is 19.2 Å². The molecular formula is C22H28N2O3. The van der Waals surface area contributed by atoms with Crippen molar-refractivity contribution >= 4 is 11.6 Å². The fourth-order valence-electron chi connectivity index (χ4n) is 3.46. The summed E-state index contributed by atoms with van der Waals surface area (Å²) in [5.74, 6) is 0.834. The number of carbonyl (C=O) groups excluding carboxylic acids is 1. The SMILES string of the molecule is CCCCN1C(=O)c2ccccc2NC1(C)c1cccc(OCCOC)c1. The first-order chi connectivity index (χ1) is 13.1. The van der Waals surface area contributed by atoms with E-state index in [4.69, 9.17) is 9.47 Å². The van der Waals surface area contributed by atoms with Crippen LogP contribution in [0.5, 0.6) is 5.75 Å². The molecule has 1 N–H and O–H groups in total. The van der Waals surface area contributed by atoms with E-state index in [9.17, 15) is 4.79 Å². The average molecular weight is 368 g/mol. The fraction of sp³-hybridized carbons (Fsp3) is 0.409. The number of methoxy groups -OCH3 is 1. The molecule has 1 atom stereocenters. The number of nitrogens with zero attached hydrogens (tertiary/aromatic N) is 1. The minimum atomic E-state index is -0.638. The largest absolute Gasteiger partial charge is 0.491 e. The van der Waals surface area contributed by atoms with Crippen molar-refractivity contribution in [2.24, 2.45) is 0 Å². The van der Waals surface area contributed by atoms with Gasteiger partial charge >= 0.3 is 0 Å². The van der Waals surface area contributed by atoms with Crippen LogP contribution < -0.4 is 10.1 Å². The molecule has 0 saturated carbocycles. The molecule has 1 aliphatic rings. The van der Waals surface area contributed by atoms with Gasteiger partial charge < -0.3 is 19.7 Å². The minimum Gasteiger partial charge on any atom is -0.491 e. The van der Waals surface area contributed by atoms with Crippen LogP contribution in [0.4, 0.5) is 5.69 Å². The maximum Gasteiger partial charge on any atom is 0.258 e. The number of amides is 1. The van der Waals surface area contributed by atoms with Crippen molar-refractivity contribution in [1.29, 1.82) is 0 Å². The number of benzene rings is 2. The highest BCUT2D eigenvalue weighted by Gasteiger charge is 2.42. The monoisotopic (exact) mass is 368 g/mol. The lowest BCUT2D eigenvalue weighted by molar-refractivity contribution is 0.0530. The Morgan fingerprint density at radius 1 is 1.11 bits per heavy atom. The van der Waals surface area contributed by atoms with Gasteiger partial charge in [-0.15, -0.1) is 0 Å². The Kier molecular flexibility index (Phi) is 6.01. The molecule has 2 aromatic rings. The number of nitrogens with one attached hydrogen (secondary N) is 1. The second-order valence-corrected chi connectivity index (χ2v) is 6.92. The van der Waals surface area contributed by atoms with E-state index < -0.39 is 5.66 Å². The van der Waals surface area contributed by atoms with Crippen molar-refractivity contribution in [1.82, 2.24) is 4.90 Å². The lowest BCUT2D eigenvalue weighted by atomic mass is 9.93. The predicted molar refractivity (Wildman–Crippen MR) is 107 cm³/mol. The minimum absolute atomic E-state index is 0.0611. The molecule has 0 aliphatic carbocycles. The van der Waals surface area contributed by atoms with Crippen LogP contribution in [0.2, 0.25) is 0 Å². The second kappa shape index (κ2) is 8.44. The molecule has 1 unspecified atom stereocenters. The van der Waals surface area contributed by atoms with E-state index in [1.165, 1.54) is 0 Å². The lowest BCUT2D eigenvalue weighted by Crippen LogP contribution is -2.56. The summed E-state index contributed by atoms with van der Waals surface area (Å²) in [6, 6.07) is 15.6. The van der Waals surface area contributed by atoms with E-state index in [-0.39, 0.29) is 5.91 Å². The summed E-state index contributed by atoms with van der Waals surface area (Å²) in [6.07, 6.45) is 1.98. The number of hydrogen-bond acceptors (Lipinski definition) is 4. The maximum atomic E-state index is 13.2. The highest BCUT2D eigenvalue weighted by Crippen LogP contribution is 2.38. The van der Waals surface area contributed by atoms with Gasteiger partial charge in [0.25, 0.3) is 5.91 Å². The average Bonchev–Trinajstić information content (AvgIpc) is 2.68. The molecule has 0 radical (unpaired) electrons. The number of hydrogen-bond donors (Lipinski definition) is 1. The number of carbonyl (C=O) groups is 1. The Bertz CT molecular complexity index is 793. The van der Waals surface area contributed by atoms with E-state index in [0.29, 0.717) is 19.8 Å². The molecule has 0 saturated heterocycles. The normalized spacial score (nSPS) is 18.8. The molecule has 0 aromatic heterocycles. The molecule has 5 nitrogen and oxygen atoms in total. The van der Waals surface area contributed by atoms with Crippen LogP contribution in [0.3, 0.4) is 0 Å². The second-order valence-electron chi connectivity index (χ2n) is 6.92. The zero-order valence-electron chi connectivity index (χ0n) is 16.3. The van der Waals surface area contributed by atoms with Crippen LogP contribution in [-0.2, 0) is 10.4 Å². The standard InChI is InChI=1S/C22H28N2O3/c1-4-5-13-24-21(25)19-11-6-7-12-20(19)23-22(24,2)17-9-8-10-18(16-17)27-15-14-26-3/h6-12,16,23H,4-5,13-15H2,1-3H3. The van der Waals surface area contributed by atoms with Crippen molar-refractivity contribution < 1.29 is 14.3 Å². The Morgan fingerprint density at radius 3 is 2.70 bits per heavy atom. The Balaban J connectivity index is 1.97. The summed E-state index contributed by atoms with van der Waals surface area (Å²) in [7, 11) is 1.65. The van der Waals surface area contributed by atoms with Crippen molar-refractivity contribution in [3.63, 3.8) is 0 Å². The smallest absolute Gasteiger partial charge is 0.258 e. The summed E-state index contributed by atoms with van der Waals surface area (Å²) in [6.45, 7) is 5.92. The summed E-state index contributed by atoms with van der Waals surface area (Å²) in [5, 5.41) is 3.60. The molecule has 5 heteroatoms. The third-order valence-electron chi connectivity index (χ3n) is 5.01. The molecule has 0 bridgehead atoms. The molecular weight excluding hydrogens is 340 g/mol. The van der Waals surface area contributed by atoms with Crippen molar-refractivity contribution in [3.05, 3.63) is 59.7 Å². The molecule has 3 rings (SSSR count). The fourth-order valence-corrected chi connectivity index (χ4v) is 3.46. The third kappa shape index (κ3) is 3.93. The van der Waals surface area contributed by atoms with E-state index in [0.717, 1.165) is 35.4 Å². The quantitative estimate of drug-likeness (QED) is 0.708. The van der Waals surface area contributed by atoms with Crippen molar-refractivity contribution in [3.8, 4) is 5.75 Å². The molecule has 2 aromatic carbocycles. The number of para-hydroxylation sites is 1. The number of fused-ring (bicyclic) bond motifs is 1. The van der Waals surface area contributed by atoms with Crippen LogP contribution in [0.1, 0.15) is 42.6 Å². The Morgan fingerprint density at radius 2 is 1.93 bits per heavy atom. The topological polar surface area (TPSA) is 50.8 Å². The van der Waals surface area contributed by atoms with Crippen LogP contribution in [0, 0.1) is 0 Å². The first-order valence-electron chi connectivity index (χ1n) is 9.51. The highest BCUT2D eigenvalue weighted by molar-refractivity contribution is 6.02. The Hall–Kier alpha value is -2.53. The predicted octanol–water partition coefficient (Wildman–Crippen LogP) is 4.25. The first-order valence-corrected chi connectivity index (χ1v) is 9.51. The van der Waals surface area contributed by atoms with E-state index in [1.54, 1.807) is 7.11 Å². The summed E-state index contributed by atoms with van der Waals surface area (Å²) < 4.78 is 10.8. The van der Waals surface area contributed by atoms with Crippen molar-refractivity contribution in [2.75, 3.05) is 32.2 Å². The molecule has 1 aliphatic heterocycles. The van der Waals surface area contributed by atoms with Crippen molar-refractivity contribution in [2.45, 2.75) is 32.4 Å². The van der Waals surface area contributed by atoms with Gasteiger partial charge in [-0.25, -0.2) is 0 Å². The number of unbranched alkanes of at least 4 members (excludes halogenated alkanes) is 1. The van der Waals surface area contributed by atoms with Gasteiger partial charge in [-0.1, -0.05) is 37.6 Å². The summed E-state index contributed by atoms with van der Waals surface area (Å²) in [5.41, 5.74) is 1.94. The van der Waals surface area contributed by atoms with Gasteiger partial charge in [-0.05, 0) is 37.6 Å². The van der Waals surface area contributed by atoms with Gasteiger partial charge in [-0.2, -0.15) is 0 Å². The van der Waals surface area contributed by atoms with Gasteiger partial charge in [0.1, 0.15) is 18.0 Å². The van der Waals surface area contributed by atoms with Gasteiger partial charge in [0.05, 0.1) is 12.2 Å². The maximum absolute atomic E-state index is 13.2. The molecule has 144 valence electrons. The van der Waals surface area contributed by atoms with Crippen LogP contribution in [0.15, 0.2) is 48.5 Å². The summed E-state index contributed by atoms with van der Waals surface area (Å²) in [4.78, 5) is 15.2. The van der Waals surface area contributed by atoms with Gasteiger partial charge in [-0.3, -0.25) is 4.79 Å². The number of ether oxygens (including phenoxy) is 2. The molecule has 0 spiro atoms. The number of rotatable bonds is 8. The highest BCUT2D eigenvalue weighted by atomic mass is 16.5. The van der Waals surface area contributed by atoms with Gasteiger partial charge in [0.2, 0.25) is 0 Å². The van der Waals surface area contributed by atoms with Crippen LogP contribution >= 0.6 is 0 Å². The van der Waals surface area contributed by atoms with Gasteiger partial charge in [0, 0.05) is 24.9 Å². The zero-order valence-corrected chi connectivity index (χ0v) is 16.3. The lowest BCUT2D eigenvalue weighted by Gasteiger charge is -2.47.